The van der Waals surface area contributed by atoms with Gasteiger partial charge in [0.15, 0.2) is 0 Å². The van der Waals surface area contributed by atoms with Gasteiger partial charge in [0.1, 0.15) is 5.75 Å². The first-order valence-corrected chi connectivity index (χ1v) is 17.4. The Bertz CT molecular complexity index is 1610. The van der Waals surface area contributed by atoms with Gasteiger partial charge >= 0.3 is 0 Å². The Hall–Kier alpha value is -3.68. The molecule has 7 heteroatoms. The maximum Gasteiger partial charge on any atom is 0.273 e. The molecule has 2 fully saturated rings. The van der Waals surface area contributed by atoms with Crippen molar-refractivity contribution < 1.29 is 19.0 Å². The zero-order valence-electron chi connectivity index (χ0n) is 27.2. The lowest BCUT2D eigenvalue weighted by atomic mass is 9.56. The van der Waals surface area contributed by atoms with Crippen molar-refractivity contribution in [2.75, 3.05) is 14.2 Å². The predicted molar refractivity (Wildman–Crippen MR) is 184 cm³/mol. The van der Waals surface area contributed by atoms with Gasteiger partial charge in [-0.25, -0.2) is 4.98 Å². The van der Waals surface area contributed by atoms with Crippen LogP contribution >= 0.6 is 11.3 Å². The molecule has 0 aliphatic heterocycles. The molecule has 2 saturated carbocycles. The van der Waals surface area contributed by atoms with Crippen LogP contribution in [0.5, 0.6) is 10.9 Å². The van der Waals surface area contributed by atoms with Crippen molar-refractivity contribution in [1.82, 2.24) is 4.98 Å². The van der Waals surface area contributed by atoms with Crippen LogP contribution in [0.1, 0.15) is 79.5 Å². The van der Waals surface area contributed by atoms with Crippen LogP contribution < -0.4 is 15.2 Å². The number of amides is 1. The highest BCUT2D eigenvalue weighted by atomic mass is 32.1. The van der Waals surface area contributed by atoms with Crippen LogP contribution in [0.4, 0.5) is 0 Å². The molecule has 242 valence electrons. The number of hydrogen-bond donors (Lipinski definition) is 1. The summed E-state index contributed by atoms with van der Waals surface area (Å²) >= 11 is 1.54. The molecule has 0 saturated heterocycles. The Kier molecular flexibility index (Phi) is 10.1. The van der Waals surface area contributed by atoms with E-state index in [1.807, 2.05) is 24.4 Å². The fraction of sp³-hybridized carbons (Fsp3) is 0.436. The zero-order chi connectivity index (χ0) is 32.1. The fourth-order valence-corrected chi connectivity index (χ4v) is 8.80. The lowest BCUT2D eigenvalue weighted by molar-refractivity contribution is -0.129. The minimum atomic E-state index is -0.350. The van der Waals surface area contributed by atoms with Crippen molar-refractivity contribution in [1.29, 1.82) is 0 Å². The van der Waals surface area contributed by atoms with Gasteiger partial charge in [-0.2, -0.15) is 0 Å². The van der Waals surface area contributed by atoms with Gasteiger partial charge in [0.25, 0.3) is 5.19 Å². The third kappa shape index (κ3) is 7.01. The lowest BCUT2D eigenvalue weighted by Crippen LogP contribution is -2.49. The topological polar surface area (TPSA) is 83.7 Å². The van der Waals surface area contributed by atoms with Crippen molar-refractivity contribution in [3.8, 4) is 21.4 Å². The van der Waals surface area contributed by atoms with E-state index in [0.29, 0.717) is 30.1 Å². The normalized spacial score (nSPS) is 24.8. The standard InChI is InChI=1S/C39H46N2O4S/c1-26-20-30(16-17-35(26)43-2)29-14-12-27(13-15-29)23-39(32-11-7-10-31(21-32)36-24-41-38(44-3)46-36)19-18-33(22-34(39)37(40)42)45-25-28-8-5-4-6-9-28/h4-11,16-17,20-21,24,27,29,33-34H,12-15,18-19,22-23,25H2,1-3H3,(H2,40,42). The molecule has 1 aromatic heterocycles. The van der Waals surface area contributed by atoms with Gasteiger partial charge in [0.2, 0.25) is 5.91 Å². The number of hydrogen-bond acceptors (Lipinski definition) is 6. The number of nitrogens with zero attached hydrogens (tertiary/aromatic N) is 1. The Labute approximate surface area is 277 Å². The Morgan fingerprint density at radius 1 is 0.957 bits per heavy atom. The van der Waals surface area contributed by atoms with Crippen molar-refractivity contribution in [3.63, 3.8) is 0 Å². The minimum Gasteiger partial charge on any atom is -0.496 e. The molecule has 1 heterocycles. The summed E-state index contributed by atoms with van der Waals surface area (Å²) in [6.07, 6.45) is 9.81. The van der Waals surface area contributed by atoms with Crippen molar-refractivity contribution in [2.45, 2.75) is 82.3 Å². The van der Waals surface area contributed by atoms with Gasteiger partial charge in [-0.15, -0.1) is 0 Å². The quantitative estimate of drug-likeness (QED) is 0.178. The van der Waals surface area contributed by atoms with Crippen LogP contribution in [0.2, 0.25) is 0 Å². The summed E-state index contributed by atoms with van der Waals surface area (Å²) < 4.78 is 17.3. The highest BCUT2D eigenvalue weighted by Gasteiger charge is 2.49. The highest BCUT2D eigenvalue weighted by molar-refractivity contribution is 7.16. The van der Waals surface area contributed by atoms with Crippen molar-refractivity contribution in [2.24, 2.45) is 17.6 Å². The third-order valence-corrected chi connectivity index (χ3v) is 11.5. The SMILES string of the molecule is COc1ncc(-c2cccc(C3(CC4CCC(c5ccc(OC)c(C)c5)CC4)CCC(OCc4ccccc4)CC3C(N)=O)c2)s1. The Morgan fingerprint density at radius 3 is 2.46 bits per heavy atom. The first kappa shape index (κ1) is 32.3. The van der Waals surface area contributed by atoms with Gasteiger partial charge in [-0.1, -0.05) is 72.0 Å². The maximum absolute atomic E-state index is 13.5. The second-order valence-electron chi connectivity index (χ2n) is 13.2. The maximum atomic E-state index is 13.5. The monoisotopic (exact) mass is 638 g/mol. The van der Waals surface area contributed by atoms with Gasteiger partial charge < -0.3 is 19.9 Å². The number of rotatable bonds is 11. The summed E-state index contributed by atoms with van der Waals surface area (Å²) in [6.45, 7) is 2.67. The summed E-state index contributed by atoms with van der Waals surface area (Å²) in [6, 6.07) is 25.6. The number of carbonyl (C=O) groups is 1. The number of carbonyl (C=O) groups excluding carboxylic acids is 1. The molecule has 3 aromatic carbocycles. The van der Waals surface area contributed by atoms with E-state index in [9.17, 15) is 4.79 Å². The van der Waals surface area contributed by atoms with Crippen molar-refractivity contribution >= 4 is 17.2 Å². The highest BCUT2D eigenvalue weighted by Crippen LogP contribution is 2.52. The molecule has 2 aliphatic carbocycles. The summed E-state index contributed by atoms with van der Waals surface area (Å²) in [5.41, 5.74) is 12.0. The zero-order valence-corrected chi connectivity index (χ0v) is 28.1. The van der Waals surface area contributed by atoms with E-state index in [1.165, 1.54) is 28.0 Å². The van der Waals surface area contributed by atoms with Gasteiger partial charge in [0, 0.05) is 17.5 Å². The molecule has 1 amide bonds. The average molecular weight is 639 g/mol. The summed E-state index contributed by atoms with van der Waals surface area (Å²) in [5, 5.41) is 0.644. The first-order valence-electron chi connectivity index (χ1n) is 16.6. The molecule has 0 bridgehead atoms. The van der Waals surface area contributed by atoms with Crippen LogP contribution in [0.15, 0.2) is 79.0 Å². The van der Waals surface area contributed by atoms with Crippen LogP contribution in [0.3, 0.4) is 0 Å². The van der Waals surface area contributed by atoms with E-state index in [0.717, 1.165) is 66.7 Å². The van der Waals surface area contributed by atoms with Gasteiger partial charge in [-0.3, -0.25) is 4.79 Å². The van der Waals surface area contributed by atoms with Gasteiger partial charge in [0.05, 0.1) is 31.8 Å². The van der Waals surface area contributed by atoms with E-state index >= 15 is 0 Å². The molecule has 0 spiro atoms. The van der Waals surface area contributed by atoms with E-state index in [-0.39, 0.29) is 23.3 Å². The third-order valence-electron chi connectivity index (χ3n) is 10.5. The second kappa shape index (κ2) is 14.4. The largest absolute Gasteiger partial charge is 0.496 e. The molecular weight excluding hydrogens is 593 g/mol. The predicted octanol–water partition coefficient (Wildman–Crippen LogP) is 8.61. The minimum absolute atomic E-state index is 0.00572. The number of benzene rings is 3. The molecule has 2 aliphatic rings. The number of thiazole rings is 1. The molecule has 46 heavy (non-hydrogen) atoms. The molecule has 0 radical (unpaired) electrons. The summed E-state index contributed by atoms with van der Waals surface area (Å²) in [7, 11) is 3.38. The molecule has 6 nitrogen and oxygen atoms in total. The van der Waals surface area contributed by atoms with E-state index < -0.39 is 0 Å². The van der Waals surface area contributed by atoms with Crippen LogP contribution in [-0.2, 0) is 21.6 Å². The van der Waals surface area contributed by atoms with Crippen LogP contribution in [-0.4, -0.2) is 31.2 Å². The molecule has 2 N–H and O–H groups in total. The Balaban J connectivity index is 1.26. The molecule has 3 atom stereocenters. The molecule has 3 unspecified atom stereocenters. The van der Waals surface area contributed by atoms with Crippen molar-refractivity contribution in [3.05, 3.63) is 101 Å². The number of aryl methyl sites for hydroxylation is 1. The van der Waals surface area contributed by atoms with Gasteiger partial charge in [-0.05, 0) is 110 Å². The number of primary amides is 1. The number of nitrogens with two attached hydrogens (primary N) is 1. The van der Waals surface area contributed by atoms with E-state index in [1.54, 1.807) is 14.2 Å². The smallest absolute Gasteiger partial charge is 0.273 e. The molecular formula is C39H46N2O4S. The summed E-state index contributed by atoms with van der Waals surface area (Å²) in [4.78, 5) is 18.9. The number of ether oxygens (including phenoxy) is 3. The van der Waals surface area contributed by atoms with Crippen LogP contribution in [0.25, 0.3) is 10.4 Å². The van der Waals surface area contributed by atoms with E-state index in [4.69, 9.17) is 19.9 Å². The van der Waals surface area contributed by atoms with Crippen LogP contribution in [0, 0.1) is 18.8 Å². The fourth-order valence-electron chi connectivity index (χ4n) is 8.07. The Morgan fingerprint density at radius 2 is 1.76 bits per heavy atom. The number of methoxy groups -OCH3 is 2. The van der Waals surface area contributed by atoms with E-state index in [2.05, 4.69) is 66.5 Å². The average Bonchev–Trinajstić information content (AvgIpc) is 3.58. The molecule has 6 rings (SSSR count). The lowest BCUT2D eigenvalue weighted by Gasteiger charge is -2.48. The second-order valence-corrected chi connectivity index (χ2v) is 14.2. The first-order chi connectivity index (χ1) is 22.4. The number of aromatic nitrogens is 1. The molecule has 4 aromatic rings. The summed E-state index contributed by atoms with van der Waals surface area (Å²) in [5.74, 6) is 1.48.